The van der Waals surface area contributed by atoms with E-state index in [2.05, 4.69) is 61.3 Å². The van der Waals surface area contributed by atoms with E-state index in [0.29, 0.717) is 17.8 Å². The Morgan fingerprint density at radius 3 is 1.09 bits per heavy atom. The van der Waals surface area contributed by atoms with Gasteiger partial charge in [0.05, 0.1) is 0 Å². The van der Waals surface area contributed by atoms with E-state index < -0.39 is 8.60 Å². The van der Waals surface area contributed by atoms with Crippen LogP contribution in [0.4, 0.5) is 0 Å². The lowest BCUT2D eigenvalue weighted by Crippen LogP contribution is -2.15. The van der Waals surface area contributed by atoms with Crippen molar-refractivity contribution in [3.05, 3.63) is 70.5 Å². The van der Waals surface area contributed by atoms with E-state index in [9.17, 15) is 0 Å². The molecule has 3 aliphatic rings. The standard InChI is InChI=1S/C30H45O3P/c1-19(2)25-13-10-22(7)28(16-25)31-34(32-29-17-26(20(3)4)14-11-23(29)8)33-30-18-27(21(5)6)15-12-24(30)9/h25-27H,1,3,5,10-18H2,2,4,6-9H3/t25-,26-,27-/m1/s1. The molecule has 3 nitrogen and oxygen atoms in total. The molecule has 0 fully saturated rings. The van der Waals surface area contributed by atoms with E-state index in [0.717, 1.165) is 75.1 Å². The molecule has 0 aliphatic heterocycles. The van der Waals surface area contributed by atoms with E-state index in [-0.39, 0.29) is 0 Å². The molecule has 0 saturated heterocycles. The predicted octanol–water partition coefficient (Wildman–Crippen LogP) is 10.2. The lowest BCUT2D eigenvalue weighted by atomic mass is 9.85. The summed E-state index contributed by atoms with van der Waals surface area (Å²) in [7, 11) is -1.59. The smallest absolute Gasteiger partial charge is 0.413 e. The highest BCUT2D eigenvalue weighted by molar-refractivity contribution is 7.42. The second-order valence-corrected chi connectivity index (χ2v) is 12.0. The number of hydrogen-bond donors (Lipinski definition) is 0. The minimum absolute atomic E-state index is 0.461. The van der Waals surface area contributed by atoms with Crippen LogP contribution in [-0.2, 0) is 13.6 Å². The molecule has 0 spiro atoms. The van der Waals surface area contributed by atoms with Crippen molar-refractivity contribution in [2.75, 3.05) is 0 Å². The van der Waals surface area contributed by atoms with Gasteiger partial charge in [0.1, 0.15) is 17.3 Å². The zero-order valence-electron chi connectivity index (χ0n) is 22.4. The fraction of sp³-hybridized carbons (Fsp3) is 0.600. The van der Waals surface area contributed by atoms with E-state index in [1.54, 1.807) is 0 Å². The van der Waals surface area contributed by atoms with Crippen LogP contribution >= 0.6 is 8.60 Å². The van der Waals surface area contributed by atoms with Crippen LogP contribution in [-0.4, -0.2) is 0 Å². The predicted molar refractivity (Wildman–Crippen MR) is 145 cm³/mol. The molecule has 0 aromatic rings. The molecule has 0 saturated carbocycles. The van der Waals surface area contributed by atoms with Crippen molar-refractivity contribution in [1.82, 2.24) is 0 Å². The molecule has 0 aromatic carbocycles. The molecule has 0 N–H and O–H groups in total. The van der Waals surface area contributed by atoms with Gasteiger partial charge < -0.3 is 13.6 Å². The molecule has 0 heterocycles. The Labute approximate surface area is 209 Å². The van der Waals surface area contributed by atoms with Crippen molar-refractivity contribution in [3.8, 4) is 0 Å². The zero-order chi connectivity index (χ0) is 25.0. The van der Waals surface area contributed by atoms with Gasteiger partial charge in [-0.25, -0.2) is 0 Å². The monoisotopic (exact) mass is 484 g/mol. The van der Waals surface area contributed by atoms with Crippen LogP contribution < -0.4 is 0 Å². The number of allylic oxidation sites excluding steroid dienone is 9. The molecule has 34 heavy (non-hydrogen) atoms. The summed E-state index contributed by atoms with van der Waals surface area (Å²) in [6.07, 6.45) is 9.18. The van der Waals surface area contributed by atoms with Gasteiger partial charge in [0.15, 0.2) is 0 Å². The Balaban J connectivity index is 1.85. The normalized spacial score (nSPS) is 26.0. The van der Waals surface area contributed by atoms with Gasteiger partial charge >= 0.3 is 8.60 Å². The van der Waals surface area contributed by atoms with E-state index >= 15 is 0 Å². The maximum Gasteiger partial charge on any atom is 0.529 e. The summed E-state index contributed by atoms with van der Waals surface area (Å²) in [5.74, 6) is 4.47. The van der Waals surface area contributed by atoms with Gasteiger partial charge in [0.25, 0.3) is 0 Å². The summed E-state index contributed by atoms with van der Waals surface area (Å²) in [4.78, 5) is 0. The third-order valence-electron chi connectivity index (χ3n) is 7.97. The van der Waals surface area contributed by atoms with E-state index in [4.69, 9.17) is 13.6 Å². The summed E-state index contributed by atoms with van der Waals surface area (Å²) >= 11 is 0. The van der Waals surface area contributed by atoms with Crippen LogP contribution in [0.3, 0.4) is 0 Å². The molecular formula is C30H45O3P. The number of rotatable bonds is 9. The summed E-state index contributed by atoms with van der Waals surface area (Å²) < 4.78 is 19.9. The highest BCUT2D eigenvalue weighted by atomic mass is 31.2. The second kappa shape index (κ2) is 11.8. The molecule has 0 amide bonds. The van der Waals surface area contributed by atoms with Gasteiger partial charge in [-0.3, -0.25) is 0 Å². The van der Waals surface area contributed by atoms with Crippen molar-refractivity contribution in [3.63, 3.8) is 0 Å². The zero-order valence-corrected chi connectivity index (χ0v) is 23.3. The van der Waals surface area contributed by atoms with Crippen LogP contribution in [0.2, 0.25) is 0 Å². The second-order valence-electron chi connectivity index (χ2n) is 11.0. The first-order chi connectivity index (χ1) is 16.0. The minimum atomic E-state index is -1.59. The van der Waals surface area contributed by atoms with Gasteiger partial charge in [-0.05, 0) is 115 Å². The molecule has 0 aromatic heterocycles. The SMILES string of the molecule is C=C(C)[C@@H]1CCC(C)=C(OP(OC2=C(C)CC[C@@H](C(=C)C)C2)OC2=C(C)CC[C@@H](C(=C)C)C2)C1. The van der Waals surface area contributed by atoms with Gasteiger partial charge in [0.2, 0.25) is 0 Å². The van der Waals surface area contributed by atoms with Crippen molar-refractivity contribution in [1.29, 1.82) is 0 Å². The maximum atomic E-state index is 6.62. The molecule has 188 valence electrons. The highest BCUT2D eigenvalue weighted by Gasteiger charge is 2.32. The Bertz CT molecular complexity index is 800. The summed E-state index contributed by atoms with van der Waals surface area (Å²) in [5.41, 5.74) is 7.60. The molecule has 0 radical (unpaired) electrons. The average molecular weight is 485 g/mol. The maximum absolute atomic E-state index is 6.62. The van der Waals surface area contributed by atoms with Crippen LogP contribution in [0.25, 0.3) is 0 Å². The Hall–Kier alpha value is -1.73. The summed E-state index contributed by atoms with van der Waals surface area (Å²) in [5, 5.41) is 0. The first kappa shape index (κ1) is 26.9. The van der Waals surface area contributed by atoms with E-state index in [1.165, 1.54) is 33.4 Å². The quantitative estimate of drug-likeness (QED) is 0.241. The van der Waals surface area contributed by atoms with Gasteiger partial charge in [0, 0.05) is 19.3 Å². The van der Waals surface area contributed by atoms with Crippen LogP contribution in [0.15, 0.2) is 70.5 Å². The molecule has 4 heteroatoms. The topological polar surface area (TPSA) is 27.7 Å². The van der Waals surface area contributed by atoms with Crippen molar-refractivity contribution < 1.29 is 13.6 Å². The van der Waals surface area contributed by atoms with Crippen LogP contribution in [0.5, 0.6) is 0 Å². The van der Waals surface area contributed by atoms with Crippen molar-refractivity contribution in [2.45, 2.75) is 99.3 Å². The lowest BCUT2D eigenvalue weighted by Gasteiger charge is -2.32. The first-order valence-corrected chi connectivity index (χ1v) is 14.0. The molecule has 0 unspecified atom stereocenters. The Morgan fingerprint density at radius 2 is 0.853 bits per heavy atom. The average Bonchev–Trinajstić information content (AvgIpc) is 2.77. The molecule has 3 rings (SSSR count). The molecule has 3 aliphatic carbocycles. The third-order valence-corrected chi connectivity index (χ3v) is 9.08. The first-order valence-electron chi connectivity index (χ1n) is 12.9. The van der Waals surface area contributed by atoms with E-state index in [1.807, 2.05) is 0 Å². The summed E-state index contributed by atoms with van der Waals surface area (Å²) in [6, 6.07) is 0. The van der Waals surface area contributed by atoms with Crippen molar-refractivity contribution >= 4 is 8.60 Å². The highest BCUT2D eigenvalue weighted by Crippen LogP contribution is 2.53. The summed E-state index contributed by atoms with van der Waals surface area (Å²) in [6.45, 7) is 25.5. The largest absolute Gasteiger partial charge is 0.529 e. The number of hydrogen-bond acceptors (Lipinski definition) is 3. The van der Waals surface area contributed by atoms with Crippen LogP contribution in [0, 0.1) is 17.8 Å². The van der Waals surface area contributed by atoms with Crippen molar-refractivity contribution in [2.24, 2.45) is 17.8 Å². The third kappa shape index (κ3) is 6.91. The van der Waals surface area contributed by atoms with Gasteiger partial charge in [-0.1, -0.05) is 36.5 Å². The lowest BCUT2D eigenvalue weighted by molar-refractivity contribution is 0.213. The molecule has 0 bridgehead atoms. The minimum Gasteiger partial charge on any atom is -0.413 e. The van der Waals surface area contributed by atoms with Crippen LogP contribution in [0.1, 0.15) is 99.3 Å². The Kier molecular flexibility index (Phi) is 9.33. The van der Waals surface area contributed by atoms with Gasteiger partial charge in [-0.2, -0.15) is 0 Å². The Morgan fingerprint density at radius 1 is 0.588 bits per heavy atom. The van der Waals surface area contributed by atoms with Gasteiger partial charge in [-0.15, -0.1) is 0 Å². The molecule has 3 atom stereocenters. The fourth-order valence-corrected chi connectivity index (χ4v) is 6.37. The fourth-order valence-electron chi connectivity index (χ4n) is 5.02. The molecular weight excluding hydrogens is 439 g/mol.